The fourth-order valence-corrected chi connectivity index (χ4v) is 12.0. The molecule has 0 aliphatic carbocycles. The van der Waals surface area contributed by atoms with Gasteiger partial charge in [0.15, 0.2) is 18.1 Å². The van der Waals surface area contributed by atoms with Crippen molar-refractivity contribution in [3.63, 3.8) is 0 Å². The molecule has 0 amide bonds. The Morgan fingerprint density at radius 1 is 0.579 bits per heavy atom. The predicted molar refractivity (Wildman–Crippen MR) is 94.2 cm³/mol. The zero-order valence-corrected chi connectivity index (χ0v) is 17.1. The topological polar surface area (TPSA) is 9.23 Å². The Morgan fingerprint density at radius 3 is 0.947 bits per heavy atom. The molecule has 0 saturated heterocycles. The first-order chi connectivity index (χ1) is 8.91. The second-order valence-corrected chi connectivity index (χ2v) is 12.4. The third kappa shape index (κ3) is 4.18. The van der Waals surface area contributed by atoms with Gasteiger partial charge in [-0.2, -0.15) is 0 Å². The van der Waals surface area contributed by atoms with Crippen molar-refractivity contribution in [2.24, 2.45) is 0 Å². The zero-order valence-electron chi connectivity index (χ0n) is 14.8. The summed E-state index contributed by atoms with van der Waals surface area (Å²) in [4.78, 5) is 0. The van der Waals surface area contributed by atoms with E-state index >= 15 is 0 Å². The van der Waals surface area contributed by atoms with Crippen molar-refractivity contribution in [2.75, 3.05) is 0 Å². The fourth-order valence-electron chi connectivity index (χ4n) is 3.82. The van der Waals surface area contributed by atoms with Gasteiger partial charge in [-0.25, -0.2) is 0 Å². The molecule has 0 radical (unpaired) electrons. The predicted octanol–water partition coefficient (Wildman–Crippen LogP) is 5.65. The maximum atomic E-state index is 6.80. The molecule has 2 atom stereocenters. The van der Waals surface area contributed by atoms with Crippen LogP contribution in [-0.4, -0.2) is 18.1 Å². The summed E-state index contributed by atoms with van der Waals surface area (Å²) < 4.78 is 6.80. The Bertz CT molecular complexity index is 194. The van der Waals surface area contributed by atoms with E-state index in [0.717, 1.165) is 0 Å². The molecule has 0 fully saturated rings. The lowest BCUT2D eigenvalue weighted by Gasteiger charge is -2.42. The van der Waals surface area contributed by atoms with Crippen molar-refractivity contribution in [1.29, 1.82) is 0 Å². The summed E-state index contributed by atoms with van der Waals surface area (Å²) in [5.41, 5.74) is 0. The van der Waals surface area contributed by atoms with E-state index in [1.165, 1.54) is 38.5 Å². The largest absolute Gasteiger partial charge is 0.459 e. The standard InChI is InChI=1S/C16H38OSi2/c1-9-15(10-2,11-3)18(7)17-19(8)16(12-4,13-5)14-6/h18-19H,9-14H2,1-8H3. The number of rotatable bonds is 10. The van der Waals surface area contributed by atoms with Crippen molar-refractivity contribution in [3.8, 4) is 0 Å². The van der Waals surface area contributed by atoms with Crippen molar-refractivity contribution in [2.45, 2.75) is 103 Å². The van der Waals surface area contributed by atoms with Gasteiger partial charge in [-0.05, 0) is 23.2 Å². The quantitative estimate of drug-likeness (QED) is 0.474. The Balaban J connectivity index is 4.92. The summed E-state index contributed by atoms with van der Waals surface area (Å²) in [7, 11) is -2.18. The van der Waals surface area contributed by atoms with Crippen LogP contribution in [0.1, 0.15) is 80.1 Å². The Hall–Kier alpha value is 0.394. The maximum Gasteiger partial charge on any atom is 0.166 e. The monoisotopic (exact) mass is 302 g/mol. The van der Waals surface area contributed by atoms with Gasteiger partial charge in [-0.3, -0.25) is 0 Å². The molecule has 0 aliphatic rings. The highest BCUT2D eigenvalue weighted by atomic mass is 28.4. The van der Waals surface area contributed by atoms with E-state index in [1.807, 2.05) is 0 Å². The first kappa shape index (κ1) is 19.4. The molecule has 0 bridgehead atoms. The minimum atomic E-state index is -1.09. The molecule has 0 aliphatic heterocycles. The van der Waals surface area contributed by atoms with Crippen LogP contribution in [0.2, 0.25) is 23.2 Å². The van der Waals surface area contributed by atoms with Gasteiger partial charge in [0.2, 0.25) is 0 Å². The third-order valence-electron chi connectivity index (χ3n) is 6.36. The zero-order chi connectivity index (χ0) is 15.1. The van der Waals surface area contributed by atoms with Crippen molar-refractivity contribution >= 4 is 18.1 Å². The molecule has 19 heavy (non-hydrogen) atoms. The Morgan fingerprint density at radius 2 is 0.789 bits per heavy atom. The molecule has 0 spiro atoms. The molecule has 0 N–H and O–H groups in total. The summed E-state index contributed by atoms with van der Waals surface area (Å²) in [5.74, 6) is 0. The lowest BCUT2D eigenvalue weighted by molar-refractivity contribution is 0.387. The summed E-state index contributed by atoms with van der Waals surface area (Å²) >= 11 is 0. The molecule has 116 valence electrons. The van der Waals surface area contributed by atoms with Gasteiger partial charge >= 0.3 is 0 Å². The molecule has 3 heteroatoms. The van der Waals surface area contributed by atoms with Crippen LogP contribution in [0, 0.1) is 0 Å². The van der Waals surface area contributed by atoms with Crippen LogP contribution < -0.4 is 0 Å². The van der Waals surface area contributed by atoms with Gasteiger partial charge in [0.1, 0.15) is 0 Å². The second kappa shape index (κ2) is 8.63. The highest BCUT2D eigenvalue weighted by molar-refractivity contribution is 6.68. The summed E-state index contributed by atoms with van der Waals surface area (Å²) in [6.07, 6.45) is 7.79. The second-order valence-electron chi connectivity index (χ2n) is 6.27. The Kier molecular flexibility index (Phi) is 8.81. The Labute approximate surface area is 126 Å². The summed E-state index contributed by atoms with van der Waals surface area (Å²) in [6.45, 7) is 19.1. The van der Waals surface area contributed by atoms with Crippen LogP contribution in [0.5, 0.6) is 0 Å². The van der Waals surface area contributed by atoms with Crippen molar-refractivity contribution < 1.29 is 4.12 Å². The van der Waals surface area contributed by atoms with E-state index in [-0.39, 0.29) is 0 Å². The lowest BCUT2D eigenvalue weighted by atomic mass is 9.99. The minimum absolute atomic E-state index is 0.530. The molecule has 0 aromatic heterocycles. The molecule has 1 nitrogen and oxygen atoms in total. The molecule has 0 aromatic carbocycles. The van der Waals surface area contributed by atoms with E-state index in [4.69, 9.17) is 4.12 Å². The molecule has 0 rings (SSSR count). The van der Waals surface area contributed by atoms with Gasteiger partial charge in [0, 0.05) is 0 Å². The van der Waals surface area contributed by atoms with Crippen molar-refractivity contribution in [3.05, 3.63) is 0 Å². The van der Waals surface area contributed by atoms with Crippen LogP contribution in [0.15, 0.2) is 0 Å². The maximum absolute atomic E-state index is 6.80. The van der Waals surface area contributed by atoms with Gasteiger partial charge in [-0.1, -0.05) is 80.1 Å². The lowest BCUT2D eigenvalue weighted by Crippen LogP contribution is -2.41. The SMILES string of the molecule is CCC(CC)(CC)[SiH](C)O[SiH](C)C(CC)(CC)CC. The summed E-state index contributed by atoms with van der Waals surface area (Å²) in [6, 6.07) is 0. The molecule has 0 heterocycles. The van der Waals surface area contributed by atoms with Crippen LogP contribution >= 0.6 is 0 Å². The third-order valence-corrected chi connectivity index (χ3v) is 15.5. The van der Waals surface area contributed by atoms with E-state index < -0.39 is 18.1 Å². The first-order valence-corrected chi connectivity index (χ1v) is 13.0. The smallest absolute Gasteiger partial charge is 0.166 e. The van der Waals surface area contributed by atoms with Crippen LogP contribution in [0.25, 0.3) is 0 Å². The first-order valence-electron chi connectivity index (χ1n) is 8.57. The molecule has 0 aromatic rings. The molecule has 0 saturated carbocycles. The van der Waals surface area contributed by atoms with E-state index in [0.29, 0.717) is 10.1 Å². The number of hydrogen-bond acceptors (Lipinski definition) is 1. The fraction of sp³-hybridized carbons (Fsp3) is 1.00. The van der Waals surface area contributed by atoms with Gasteiger partial charge in [0.05, 0.1) is 0 Å². The van der Waals surface area contributed by atoms with Crippen molar-refractivity contribution in [1.82, 2.24) is 0 Å². The highest BCUT2D eigenvalue weighted by Crippen LogP contribution is 2.46. The molecular formula is C16H38OSi2. The van der Waals surface area contributed by atoms with Crippen LogP contribution in [-0.2, 0) is 4.12 Å². The average Bonchev–Trinajstić information content (AvgIpc) is 2.44. The highest BCUT2D eigenvalue weighted by Gasteiger charge is 2.39. The van der Waals surface area contributed by atoms with Gasteiger partial charge in [0.25, 0.3) is 0 Å². The molecule has 2 unspecified atom stereocenters. The van der Waals surface area contributed by atoms with Gasteiger partial charge < -0.3 is 4.12 Å². The van der Waals surface area contributed by atoms with Crippen LogP contribution in [0.4, 0.5) is 0 Å². The average molecular weight is 303 g/mol. The van der Waals surface area contributed by atoms with E-state index in [2.05, 4.69) is 54.6 Å². The van der Waals surface area contributed by atoms with E-state index in [1.54, 1.807) is 0 Å². The van der Waals surface area contributed by atoms with Crippen LogP contribution in [0.3, 0.4) is 0 Å². The van der Waals surface area contributed by atoms with E-state index in [9.17, 15) is 0 Å². The normalized spacial score (nSPS) is 16.4. The number of hydrogen-bond donors (Lipinski definition) is 0. The summed E-state index contributed by atoms with van der Waals surface area (Å²) in [5, 5.41) is 1.06. The van der Waals surface area contributed by atoms with Gasteiger partial charge in [-0.15, -0.1) is 0 Å². The molecular weight excluding hydrogens is 264 g/mol. The minimum Gasteiger partial charge on any atom is -0.459 e.